The highest BCUT2D eigenvalue weighted by Gasteiger charge is 2.14. The summed E-state index contributed by atoms with van der Waals surface area (Å²) in [6, 6.07) is 12.9. The standard InChI is InChI=1S/C18H15F2N3O3S/c1-11-21-16(23-26-11)10-25-15-8-3-2-7-14(15)17(24)22-12-5-4-6-13(9-12)27-18(19)20/h2-9,18H,10H2,1H3,(H,22,24). The number of hydrogen-bond donors (Lipinski definition) is 1. The lowest BCUT2D eigenvalue weighted by Gasteiger charge is -2.11. The number of aromatic nitrogens is 2. The van der Waals surface area contributed by atoms with Gasteiger partial charge in [-0.15, -0.1) is 0 Å². The molecule has 6 nitrogen and oxygen atoms in total. The number of aryl methyl sites for hydroxylation is 1. The zero-order chi connectivity index (χ0) is 19.2. The van der Waals surface area contributed by atoms with Crippen molar-refractivity contribution in [1.29, 1.82) is 0 Å². The lowest BCUT2D eigenvalue weighted by atomic mass is 10.2. The Hall–Kier alpha value is -2.94. The topological polar surface area (TPSA) is 77.2 Å². The highest BCUT2D eigenvalue weighted by Crippen LogP contribution is 2.28. The Kier molecular flexibility index (Phi) is 6.02. The van der Waals surface area contributed by atoms with Crippen molar-refractivity contribution in [3.8, 4) is 5.75 Å². The normalized spacial score (nSPS) is 10.8. The summed E-state index contributed by atoms with van der Waals surface area (Å²) in [5.74, 6) is -1.83. The van der Waals surface area contributed by atoms with E-state index in [-0.39, 0.29) is 6.61 Å². The first-order valence-electron chi connectivity index (χ1n) is 7.88. The van der Waals surface area contributed by atoms with Crippen molar-refractivity contribution in [2.24, 2.45) is 0 Å². The number of halogens is 2. The second-order valence-corrected chi connectivity index (χ2v) is 6.44. The number of para-hydroxylation sites is 1. The molecule has 9 heteroatoms. The van der Waals surface area contributed by atoms with Crippen LogP contribution >= 0.6 is 11.8 Å². The fourth-order valence-corrected chi connectivity index (χ4v) is 2.83. The Balaban J connectivity index is 1.71. The average molecular weight is 391 g/mol. The number of alkyl halides is 2. The molecule has 1 amide bonds. The summed E-state index contributed by atoms with van der Waals surface area (Å²) in [6.07, 6.45) is 0. The largest absolute Gasteiger partial charge is 0.485 e. The predicted octanol–water partition coefficient (Wildman–Crippen LogP) is 4.52. The summed E-state index contributed by atoms with van der Waals surface area (Å²) in [5, 5.41) is 6.42. The van der Waals surface area contributed by atoms with Crippen molar-refractivity contribution in [3.63, 3.8) is 0 Å². The number of nitrogens with one attached hydrogen (secondary N) is 1. The van der Waals surface area contributed by atoms with Gasteiger partial charge in [0.15, 0.2) is 6.61 Å². The third kappa shape index (κ3) is 5.27. The molecule has 0 atom stereocenters. The third-order valence-electron chi connectivity index (χ3n) is 3.38. The maximum atomic E-state index is 12.6. The Morgan fingerprint density at radius 1 is 1.26 bits per heavy atom. The van der Waals surface area contributed by atoms with Crippen LogP contribution in [0.1, 0.15) is 22.1 Å². The van der Waals surface area contributed by atoms with Gasteiger partial charge in [-0.05, 0) is 30.3 Å². The lowest BCUT2D eigenvalue weighted by molar-refractivity contribution is 0.102. The molecule has 3 aromatic rings. The van der Waals surface area contributed by atoms with Gasteiger partial charge in [-0.25, -0.2) is 0 Å². The molecule has 0 aliphatic rings. The van der Waals surface area contributed by atoms with Gasteiger partial charge < -0.3 is 14.6 Å². The molecule has 1 heterocycles. The molecular formula is C18H15F2N3O3S. The Bertz CT molecular complexity index is 933. The molecule has 1 aromatic heterocycles. The SMILES string of the molecule is Cc1nc(COc2ccccc2C(=O)Nc2cccc(SC(F)F)c2)no1. The van der Waals surface area contributed by atoms with Crippen molar-refractivity contribution in [2.45, 2.75) is 24.2 Å². The maximum absolute atomic E-state index is 12.6. The Morgan fingerprint density at radius 3 is 2.81 bits per heavy atom. The average Bonchev–Trinajstić information content (AvgIpc) is 3.05. The molecule has 0 spiro atoms. The number of nitrogens with zero attached hydrogens (tertiary/aromatic N) is 2. The molecule has 0 aliphatic heterocycles. The first-order valence-corrected chi connectivity index (χ1v) is 8.76. The van der Waals surface area contributed by atoms with Gasteiger partial charge in [-0.3, -0.25) is 4.79 Å². The highest BCUT2D eigenvalue weighted by atomic mass is 32.2. The van der Waals surface area contributed by atoms with E-state index in [0.717, 1.165) is 0 Å². The second kappa shape index (κ2) is 8.63. The van der Waals surface area contributed by atoms with E-state index in [9.17, 15) is 13.6 Å². The molecule has 0 fully saturated rings. The zero-order valence-corrected chi connectivity index (χ0v) is 15.0. The summed E-state index contributed by atoms with van der Waals surface area (Å²) in [5.41, 5.74) is 0.707. The summed E-state index contributed by atoms with van der Waals surface area (Å²) in [4.78, 5) is 17.0. The van der Waals surface area contributed by atoms with Crippen LogP contribution in [-0.2, 0) is 6.61 Å². The highest BCUT2D eigenvalue weighted by molar-refractivity contribution is 7.99. The second-order valence-electron chi connectivity index (χ2n) is 5.37. The molecule has 0 saturated heterocycles. The van der Waals surface area contributed by atoms with Crippen LogP contribution in [0.25, 0.3) is 0 Å². The van der Waals surface area contributed by atoms with Crippen molar-refractivity contribution < 1.29 is 22.8 Å². The predicted molar refractivity (Wildman–Crippen MR) is 96.1 cm³/mol. The molecule has 27 heavy (non-hydrogen) atoms. The number of ether oxygens (including phenoxy) is 1. The molecule has 2 aromatic carbocycles. The first-order chi connectivity index (χ1) is 13.0. The number of hydrogen-bond acceptors (Lipinski definition) is 6. The summed E-state index contributed by atoms with van der Waals surface area (Å²) in [7, 11) is 0. The van der Waals surface area contributed by atoms with Gasteiger partial charge in [0.05, 0.1) is 5.56 Å². The van der Waals surface area contributed by atoms with E-state index >= 15 is 0 Å². The van der Waals surface area contributed by atoms with Crippen molar-refractivity contribution >= 4 is 23.4 Å². The smallest absolute Gasteiger partial charge is 0.288 e. The minimum absolute atomic E-state index is 0.0438. The zero-order valence-electron chi connectivity index (χ0n) is 14.2. The molecule has 0 radical (unpaired) electrons. The van der Waals surface area contributed by atoms with Gasteiger partial charge in [0.1, 0.15) is 5.75 Å². The third-order valence-corrected chi connectivity index (χ3v) is 4.08. The maximum Gasteiger partial charge on any atom is 0.288 e. The summed E-state index contributed by atoms with van der Waals surface area (Å²) in [6.45, 7) is 1.71. The van der Waals surface area contributed by atoms with Crippen LogP contribution in [0.3, 0.4) is 0 Å². The fraction of sp³-hybridized carbons (Fsp3) is 0.167. The van der Waals surface area contributed by atoms with Gasteiger partial charge in [-0.2, -0.15) is 13.8 Å². The van der Waals surface area contributed by atoms with Crippen LogP contribution in [0.15, 0.2) is 57.9 Å². The number of carbonyl (C=O) groups is 1. The molecule has 0 bridgehead atoms. The van der Waals surface area contributed by atoms with Crippen LogP contribution in [-0.4, -0.2) is 21.8 Å². The molecule has 140 valence electrons. The van der Waals surface area contributed by atoms with E-state index in [1.807, 2.05) is 0 Å². The number of anilines is 1. The van der Waals surface area contributed by atoms with Crippen LogP contribution in [0, 0.1) is 6.92 Å². The van der Waals surface area contributed by atoms with Gasteiger partial charge in [0.25, 0.3) is 11.7 Å². The lowest BCUT2D eigenvalue weighted by Crippen LogP contribution is -2.13. The minimum Gasteiger partial charge on any atom is -0.485 e. The quantitative estimate of drug-likeness (QED) is 0.597. The number of thioether (sulfide) groups is 1. The number of benzene rings is 2. The molecule has 3 rings (SSSR count). The Morgan fingerprint density at radius 2 is 2.07 bits per heavy atom. The van der Waals surface area contributed by atoms with E-state index in [1.54, 1.807) is 49.4 Å². The van der Waals surface area contributed by atoms with Gasteiger partial charge in [-0.1, -0.05) is 35.1 Å². The van der Waals surface area contributed by atoms with E-state index in [0.29, 0.717) is 45.4 Å². The van der Waals surface area contributed by atoms with Gasteiger partial charge in [0.2, 0.25) is 11.7 Å². The summed E-state index contributed by atoms with van der Waals surface area (Å²) >= 11 is 0.414. The van der Waals surface area contributed by atoms with Crippen LogP contribution in [0.5, 0.6) is 5.75 Å². The van der Waals surface area contributed by atoms with Crippen LogP contribution in [0.4, 0.5) is 14.5 Å². The first kappa shape index (κ1) is 18.8. The van der Waals surface area contributed by atoms with E-state index in [4.69, 9.17) is 9.26 Å². The van der Waals surface area contributed by atoms with E-state index in [2.05, 4.69) is 15.5 Å². The van der Waals surface area contributed by atoms with Gasteiger partial charge in [0, 0.05) is 17.5 Å². The molecular weight excluding hydrogens is 376 g/mol. The van der Waals surface area contributed by atoms with Crippen molar-refractivity contribution in [2.75, 3.05) is 5.32 Å². The van der Waals surface area contributed by atoms with E-state index < -0.39 is 11.7 Å². The molecule has 1 N–H and O–H groups in total. The van der Waals surface area contributed by atoms with Crippen molar-refractivity contribution in [1.82, 2.24) is 10.1 Å². The monoisotopic (exact) mass is 391 g/mol. The number of amides is 1. The number of carbonyl (C=O) groups excluding carboxylic acids is 1. The van der Waals surface area contributed by atoms with Crippen LogP contribution < -0.4 is 10.1 Å². The van der Waals surface area contributed by atoms with Gasteiger partial charge >= 0.3 is 0 Å². The minimum atomic E-state index is -2.53. The molecule has 0 aliphatic carbocycles. The van der Waals surface area contributed by atoms with E-state index in [1.165, 1.54) is 6.07 Å². The summed E-state index contributed by atoms with van der Waals surface area (Å²) < 4.78 is 35.5. The number of rotatable bonds is 7. The molecule has 0 saturated carbocycles. The van der Waals surface area contributed by atoms with Crippen molar-refractivity contribution in [3.05, 3.63) is 65.8 Å². The fourth-order valence-electron chi connectivity index (χ4n) is 2.27. The van der Waals surface area contributed by atoms with Crippen LogP contribution in [0.2, 0.25) is 0 Å². The Labute approximate surface area is 157 Å². The molecule has 0 unspecified atom stereocenters.